The van der Waals surface area contributed by atoms with Crippen molar-refractivity contribution < 1.29 is 9.18 Å². The first-order valence-electron chi connectivity index (χ1n) is 8.54. The Labute approximate surface area is 177 Å². The van der Waals surface area contributed by atoms with Crippen molar-refractivity contribution in [2.24, 2.45) is 4.99 Å². The maximum absolute atomic E-state index is 13.4. The standard InChI is InChI=1S/C18H29FN4OS.HI/c1-5-20-18(21-9-8-17(24)23-13(2)3)22-11-14-6-7-16(19)10-15(14)12-25-4;/h6-7,10,13H,5,8-9,11-12H2,1-4H3,(H,23,24)(H2,20,21,22);1H. The molecule has 1 aromatic carbocycles. The molecule has 0 heterocycles. The molecule has 0 saturated heterocycles. The minimum atomic E-state index is -0.224. The lowest BCUT2D eigenvalue weighted by Crippen LogP contribution is -2.40. The normalized spacial score (nSPS) is 11.1. The van der Waals surface area contributed by atoms with E-state index in [4.69, 9.17) is 0 Å². The molecular weight excluding hydrogens is 466 g/mol. The van der Waals surface area contributed by atoms with Crippen LogP contribution in [0.3, 0.4) is 0 Å². The second-order valence-electron chi connectivity index (χ2n) is 5.94. The van der Waals surface area contributed by atoms with Crippen molar-refractivity contribution in [2.75, 3.05) is 19.3 Å². The maximum Gasteiger partial charge on any atom is 0.221 e. The summed E-state index contributed by atoms with van der Waals surface area (Å²) in [7, 11) is 0. The Hall–Kier alpha value is -1.03. The monoisotopic (exact) mass is 496 g/mol. The number of thioether (sulfide) groups is 1. The third kappa shape index (κ3) is 10.2. The summed E-state index contributed by atoms with van der Waals surface area (Å²) in [6.07, 6.45) is 2.38. The average molecular weight is 496 g/mol. The van der Waals surface area contributed by atoms with E-state index in [1.807, 2.05) is 27.0 Å². The van der Waals surface area contributed by atoms with Crippen molar-refractivity contribution in [1.82, 2.24) is 16.0 Å². The molecule has 148 valence electrons. The molecule has 0 bridgehead atoms. The molecule has 0 fully saturated rings. The van der Waals surface area contributed by atoms with Gasteiger partial charge in [0.15, 0.2) is 5.96 Å². The van der Waals surface area contributed by atoms with E-state index in [9.17, 15) is 9.18 Å². The van der Waals surface area contributed by atoms with Gasteiger partial charge in [0.2, 0.25) is 5.91 Å². The van der Waals surface area contributed by atoms with Crippen LogP contribution in [0, 0.1) is 5.82 Å². The minimum absolute atomic E-state index is 0. The summed E-state index contributed by atoms with van der Waals surface area (Å²) in [4.78, 5) is 16.2. The van der Waals surface area contributed by atoms with E-state index >= 15 is 0 Å². The van der Waals surface area contributed by atoms with Crippen LogP contribution in [0.1, 0.15) is 38.3 Å². The number of guanidine groups is 1. The fourth-order valence-corrected chi connectivity index (χ4v) is 2.81. The zero-order chi connectivity index (χ0) is 18.7. The molecule has 1 amide bonds. The van der Waals surface area contributed by atoms with Crippen molar-refractivity contribution >= 4 is 47.6 Å². The predicted octanol–water partition coefficient (Wildman–Crippen LogP) is 3.28. The first-order valence-corrected chi connectivity index (χ1v) is 9.93. The average Bonchev–Trinajstić information content (AvgIpc) is 2.53. The fourth-order valence-electron chi connectivity index (χ4n) is 2.23. The number of carbonyl (C=O) groups is 1. The first-order chi connectivity index (χ1) is 12.0. The minimum Gasteiger partial charge on any atom is -0.357 e. The lowest BCUT2D eigenvalue weighted by Gasteiger charge is -2.13. The van der Waals surface area contributed by atoms with Gasteiger partial charge >= 0.3 is 0 Å². The topological polar surface area (TPSA) is 65.5 Å². The van der Waals surface area contributed by atoms with E-state index in [1.165, 1.54) is 6.07 Å². The molecule has 0 radical (unpaired) electrons. The van der Waals surface area contributed by atoms with E-state index in [2.05, 4.69) is 20.9 Å². The molecular formula is C18H30FIN4OS. The molecule has 0 saturated carbocycles. The lowest BCUT2D eigenvalue weighted by molar-refractivity contribution is -0.121. The van der Waals surface area contributed by atoms with E-state index < -0.39 is 0 Å². The highest BCUT2D eigenvalue weighted by atomic mass is 127. The summed E-state index contributed by atoms with van der Waals surface area (Å²) in [5, 5.41) is 9.17. The van der Waals surface area contributed by atoms with Gasteiger partial charge < -0.3 is 16.0 Å². The van der Waals surface area contributed by atoms with Crippen LogP contribution >= 0.6 is 35.7 Å². The number of hydrogen-bond donors (Lipinski definition) is 3. The van der Waals surface area contributed by atoms with Gasteiger partial charge in [-0.05, 0) is 50.3 Å². The first kappa shape index (κ1) is 25.0. The molecule has 5 nitrogen and oxygen atoms in total. The third-order valence-electron chi connectivity index (χ3n) is 3.31. The summed E-state index contributed by atoms with van der Waals surface area (Å²) in [5.74, 6) is 1.19. The van der Waals surface area contributed by atoms with Crippen molar-refractivity contribution in [3.63, 3.8) is 0 Å². The van der Waals surface area contributed by atoms with Crippen LogP contribution in [-0.2, 0) is 17.1 Å². The van der Waals surface area contributed by atoms with E-state index in [1.54, 1.807) is 23.9 Å². The van der Waals surface area contributed by atoms with Gasteiger partial charge in [-0.25, -0.2) is 9.38 Å². The van der Waals surface area contributed by atoms with Gasteiger partial charge in [-0.1, -0.05) is 6.07 Å². The number of aliphatic imine (C=N–C) groups is 1. The van der Waals surface area contributed by atoms with Crippen LogP contribution in [0.4, 0.5) is 4.39 Å². The Balaban J connectivity index is 0.00000625. The van der Waals surface area contributed by atoms with E-state index in [0.29, 0.717) is 25.5 Å². The highest BCUT2D eigenvalue weighted by Crippen LogP contribution is 2.17. The van der Waals surface area contributed by atoms with Gasteiger partial charge in [-0.2, -0.15) is 11.8 Å². The summed E-state index contributed by atoms with van der Waals surface area (Å²) in [6.45, 7) is 7.55. The second kappa shape index (κ2) is 14.1. The fraction of sp³-hybridized carbons (Fsp3) is 0.556. The van der Waals surface area contributed by atoms with Crippen molar-refractivity contribution in [3.05, 3.63) is 35.1 Å². The number of benzene rings is 1. The summed E-state index contributed by atoms with van der Waals surface area (Å²) >= 11 is 1.65. The molecule has 0 spiro atoms. The molecule has 0 atom stereocenters. The summed E-state index contributed by atoms with van der Waals surface area (Å²) in [6, 6.07) is 4.95. The van der Waals surface area contributed by atoms with Crippen LogP contribution < -0.4 is 16.0 Å². The number of hydrogen-bond acceptors (Lipinski definition) is 3. The third-order valence-corrected chi connectivity index (χ3v) is 3.91. The van der Waals surface area contributed by atoms with Crippen LogP contribution in [0.25, 0.3) is 0 Å². The number of rotatable bonds is 9. The summed E-state index contributed by atoms with van der Waals surface area (Å²) in [5.41, 5.74) is 1.97. The van der Waals surface area contributed by atoms with Crippen LogP contribution in [0.5, 0.6) is 0 Å². The van der Waals surface area contributed by atoms with Crippen molar-refractivity contribution in [3.8, 4) is 0 Å². The number of nitrogens with one attached hydrogen (secondary N) is 3. The van der Waals surface area contributed by atoms with Crippen LogP contribution in [0.2, 0.25) is 0 Å². The largest absolute Gasteiger partial charge is 0.357 e. The smallest absolute Gasteiger partial charge is 0.221 e. The SMILES string of the molecule is CCNC(=NCc1ccc(F)cc1CSC)NCCC(=O)NC(C)C.I. The van der Waals surface area contributed by atoms with Gasteiger partial charge in [-0.3, -0.25) is 4.79 Å². The zero-order valence-corrected chi connectivity index (χ0v) is 19.0. The second-order valence-corrected chi connectivity index (χ2v) is 6.81. The molecule has 1 rings (SSSR count). The number of carbonyl (C=O) groups excluding carboxylic acids is 1. The van der Waals surface area contributed by atoms with Crippen molar-refractivity contribution in [2.45, 2.75) is 45.5 Å². The zero-order valence-electron chi connectivity index (χ0n) is 15.9. The molecule has 0 aliphatic rings. The van der Waals surface area contributed by atoms with Gasteiger partial charge in [0, 0.05) is 31.3 Å². The van der Waals surface area contributed by atoms with Crippen LogP contribution in [0.15, 0.2) is 23.2 Å². The highest BCUT2D eigenvalue weighted by molar-refractivity contribution is 14.0. The Bertz CT molecular complexity index is 584. The molecule has 8 heteroatoms. The Kier molecular flexibility index (Phi) is 13.5. The molecule has 0 aliphatic carbocycles. The number of amides is 1. The highest BCUT2D eigenvalue weighted by Gasteiger charge is 2.06. The van der Waals surface area contributed by atoms with Gasteiger partial charge in [0.05, 0.1) is 6.54 Å². The van der Waals surface area contributed by atoms with Crippen LogP contribution in [-0.4, -0.2) is 37.3 Å². The molecule has 3 N–H and O–H groups in total. The van der Waals surface area contributed by atoms with E-state index in [0.717, 1.165) is 23.4 Å². The number of halogens is 2. The molecule has 0 aromatic heterocycles. The molecule has 0 aliphatic heterocycles. The lowest BCUT2D eigenvalue weighted by atomic mass is 10.1. The maximum atomic E-state index is 13.4. The molecule has 0 unspecified atom stereocenters. The van der Waals surface area contributed by atoms with Gasteiger partial charge in [0.25, 0.3) is 0 Å². The molecule has 26 heavy (non-hydrogen) atoms. The Morgan fingerprint density at radius 3 is 2.62 bits per heavy atom. The van der Waals surface area contributed by atoms with E-state index in [-0.39, 0.29) is 41.7 Å². The summed E-state index contributed by atoms with van der Waals surface area (Å²) < 4.78 is 13.4. The Morgan fingerprint density at radius 1 is 1.27 bits per heavy atom. The van der Waals surface area contributed by atoms with Gasteiger partial charge in [-0.15, -0.1) is 24.0 Å². The Morgan fingerprint density at radius 2 is 2.00 bits per heavy atom. The number of nitrogens with zero attached hydrogens (tertiary/aromatic N) is 1. The predicted molar refractivity (Wildman–Crippen MR) is 120 cm³/mol. The van der Waals surface area contributed by atoms with Gasteiger partial charge in [0.1, 0.15) is 5.82 Å². The van der Waals surface area contributed by atoms with Crippen molar-refractivity contribution in [1.29, 1.82) is 0 Å². The molecule has 1 aromatic rings. The quantitative estimate of drug-likeness (QED) is 0.279.